The van der Waals surface area contributed by atoms with Crippen LogP contribution in [0.15, 0.2) is 89.8 Å². The molecule has 194 valence electrons. The van der Waals surface area contributed by atoms with Crippen LogP contribution in [-0.4, -0.2) is 47.7 Å². The van der Waals surface area contributed by atoms with Gasteiger partial charge in [-0.1, -0.05) is 78.0 Å². The molecule has 37 heavy (non-hydrogen) atoms. The van der Waals surface area contributed by atoms with Gasteiger partial charge < -0.3 is 18.9 Å². The number of esters is 2. The van der Waals surface area contributed by atoms with Crippen molar-refractivity contribution < 1.29 is 28.5 Å². The summed E-state index contributed by atoms with van der Waals surface area (Å²) in [4.78, 5) is 26.5. The van der Waals surface area contributed by atoms with Gasteiger partial charge in [0.05, 0.1) is 18.3 Å². The minimum Gasteiger partial charge on any atom is -0.454 e. The molecule has 0 N–H and O–H groups in total. The van der Waals surface area contributed by atoms with Crippen molar-refractivity contribution in [3.05, 3.63) is 102 Å². The molecule has 6 nitrogen and oxygen atoms in total. The van der Waals surface area contributed by atoms with E-state index in [1.165, 1.54) is 11.8 Å². The summed E-state index contributed by atoms with van der Waals surface area (Å²) in [6.45, 7) is 4.13. The molecule has 1 aliphatic rings. The van der Waals surface area contributed by atoms with Crippen LogP contribution in [0.1, 0.15) is 28.4 Å². The van der Waals surface area contributed by atoms with E-state index in [1.807, 2.05) is 74.5 Å². The fraction of sp³-hybridized carbons (Fsp3) is 0.310. The molecule has 0 amide bonds. The van der Waals surface area contributed by atoms with Gasteiger partial charge in [0.2, 0.25) is 0 Å². The Bertz CT molecular complexity index is 1160. The first-order chi connectivity index (χ1) is 17.9. The number of hydrogen-bond acceptors (Lipinski definition) is 7. The first-order valence-corrected chi connectivity index (χ1v) is 13.4. The largest absolute Gasteiger partial charge is 0.454 e. The van der Waals surface area contributed by atoms with Crippen molar-refractivity contribution in [1.29, 1.82) is 0 Å². The molecule has 1 saturated heterocycles. The van der Waals surface area contributed by atoms with Crippen LogP contribution in [0, 0.1) is 6.92 Å². The number of halogens is 1. The highest BCUT2D eigenvalue weighted by Gasteiger charge is 2.50. The highest BCUT2D eigenvalue weighted by Crippen LogP contribution is 2.38. The Balaban J connectivity index is 1.64. The predicted octanol–water partition coefficient (Wildman–Crippen LogP) is 5.79. The third-order valence-corrected chi connectivity index (χ3v) is 7.29. The molecule has 4 rings (SSSR count). The van der Waals surface area contributed by atoms with E-state index in [0.29, 0.717) is 5.56 Å². The van der Waals surface area contributed by atoms with Crippen molar-refractivity contribution in [2.75, 3.05) is 5.88 Å². The summed E-state index contributed by atoms with van der Waals surface area (Å²) in [5.41, 5.74) is 1.79. The van der Waals surface area contributed by atoms with Crippen LogP contribution in [0.4, 0.5) is 0 Å². The molecule has 0 unspecified atom stereocenters. The minimum atomic E-state index is -0.955. The molecule has 1 fully saturated rings. The molecule has 1 heterocycles. The lowest BCUT2D eigenvalue weighted by Crippen LogP contribution is -2.59. The quantitative estimate of drug-likeness (QED) is 0.251. The SMILES string of the molecule is Cc1ccc(S[C@@H]2O[C@@H](C)[C@H](OCc3ccccc3)[C@@H](OC(=O)CCl)[C@H]2OC(=O)c2ccccc2)cc1. The number of rotatable bonds is 9. The van der Waals surface area contributed by atoms with Crippen LogP contribution in [-0.2, 0) is 30.3 Å². The zero-order valence-electron chi connectivity index (χ0n) is 20.6. The molecular weight excluding hydrogens is 512 g/mol. The zero-order valence-corrected chi connectivity index (χ0v) is 22.2. The van der Waals surface area contributed by atoms with Gasteiger partial charge in [0, 0.05) is 4.90 Å². The number of carbonyl (C=O) groups excluding carboxylic acids is 2. The number of carbonyl (C=O) groups is 2. The maximum atomic E-state index is 13.1. The van der Waals surface area contributed by atoms with Crippen LogP contribution in [0.2, 0.25) is 0 Å². The third kappa shape index (κ3) is 7.36. The van der Waals surface area contributed by atoms with Crippen LogP contribution < -0.4 is 0 Å². The summed E-state index contributed by atoms with van der Waals surface area (Å²) in [7, 11) is 0. The Morgan fingerprint density at radius 1 is 0.865 bits per heavy atom. The first-order valence-electron chi connectivity index (χ1n) is 12.0. The van der Waals surface area contributed by atoms with Gasteiger partial charge in [0.25, 0.3) is 0 Å². The highest BCUT2D eigenvalue weighted by atomic mass is 35.5. The molecule has 0 radical (unpaired) electrons. The summed E-state index contributed by atoms with van der Waals surface area (Å²) in [6.07, 6.45) is -3.06. The summed E-state index contributed by atoms with van der Waals surface area (Å²) in [5, 5.41) is 0. The molecule has 0 bridgehead atoms. The predicted molar refractivity (Wildman–Crippen MR) is 143 cm³/mol. The summed E-state index contributed by atoms with van der Waals surface area (Å²) >= 11 is 7.20. The van der Waals surface area contributed by atoms with Crippen molar-refractivity contribution in [1.82, 2.24) is 0 Å². The van der Waals surface area contributed by atoms with Gasteiger partial charge in [-0.25, -0.2) is 4.79 Å². The van der Waals surface area contributed by atoms with Crippen molar-refractivity contribution in [2.45, 2.75) is 55.2 Å². The maximum absolute atomic E-state index is 13.1. The standard InChI is InChI=1S/C29H29ClO6S/c1-19-13-15-23(16-14-19)37-29-27(36-28(32)22-11-7-4-8-12-22)26(35-24(31)17-30)25(20(2)34-29)33-18-21-9-5-3-6-10-21/h3-16,20,25-27,29H,17-18H2,1-2H3/t20-,25-,26+,27+,29-/m0/s1. The average Bonchev–Trinajstić information content (AvgIpc) is 2.92. The second kappa shape index (κ2) is 13.1. The molecule has 0 spiro atoms. The van der Waals surface area contributed by atoms with Crippen LogP contribution >= 0.6 is 23.4 Å². The Kier molecular flexibility index (Phi) is 9.63. The summed E-state index contributed by atoms with van der Waals surface area (Å²) in [6, 6.07) is 26.2. The van der Waals surface area contributed by atoms with E-state index in [9.17, 15) is 9.59 Å². The molecule has 1 aliphatic heterocycles. The monoisotopic (exact) mass is 540 g/mol. The minimum absolute atomic E-state index is 0.267. The van der Waals surface area contributed by atoms with Gasteiger partial charge in [-0.3, -0.25) is 4.79 Å². The van der Waals surface area contributed by atoms with E-state index in [4.69, 9.17) is 30.5 Å². The molecule has 0 aliphatic carbocycles. The van der Waals surface area contributed by atoms with Gasteiger partial charge in [0.1, 0.15) is 17.4 Å². The first kappa shape index (κ1) is 27.2. The number of alkyl halides is 1. The Morgan fingerprint density at radius 2 is 1.51 bits per heavy atom. The van der Waals surface area contributed by atoms with Crippen molar-refractivity contribution in [2.24, 2.45) is 0 Å². The lowest BCUT2D eigenvalue weighted by molar-refractivity contribution is -0.224. The fourth-order valence-corrected chi connectivity index (χ4v) is 5.22. The van der Waals surface area contributed by atoms with E-state index in [1.54, 1.807) is 24.3 Å². The second-order valence-electron chi connectivity index (χ2n) is 8.73. The van der Waals surface area contributed by atoms with E-state index >= 15 is 0 Å². The zero-order chi connectivity index (χ0) is 26.2. The topological polar surface area (TPSA) is 71.1 Å². The number of aryl methyl sites for hydroxylation is 1. The van der Waals surface area contributed by atoms with Crippen molar-refractivity contribution in [3.8, 4) is 0 Å². The smallest absolute Gasteiger partial charge is 0.338 e. The van der Waals surface area contributed by atoms with Crippen LogP contribution in [0.25, 0.3) is 0 Å². The van der Waals surface area contributed by atoms with Crippen LogP contribution in [0.5, 0.6) is 0 Å². The maximum Gasteiger partial charge on any atom is 0.338 e. The lowest BCUT2D eigenvalue weighted by Gasteiger charge is -2.44. The van der Waals surface area contributed by atoms with Crippen LogP contribution in [0.3, 0.4) is 0 Å². The normalized spacial score (nSPS) is 23.3. The molecule has 8 heteroatoms. The summed E-state index contributed by atoms with van der Waals surface area (Å²) in [5.74, 6) is -1.52. The number of hydrogen-bond donors (Lipinski definition) is 0. The molecule has 0 saturated carbocycles. The van der Waals surface area contributed by atoms with Crippen molar-refractivity contribution >= 4 is 35.3 Å². The molecule has 0 aromatic heterocycles. The number of benzene rings is 3. The average molecular weight is 541 g/mol. The second-order valence-corrected chi connectivity index (χ2v) is 10.2. The highest BCUT2D eigenvalue weighted by molar-refractivity contribution is 7.99. The van der Waals surface area contributed by atoms with E-state index in [-0.39, 0.29) is 12.5 Å². The van der Waals surface area contributed by atoms with Gasteiger partial charge in [-0.05, 0) is 43.7 Å². The van der Waals surface area contributed by atoms with Gasteiger partial charge in [0.15, 0.2) is 12.2 Å². The lowest BCUT2D eigenvalue weighted by atomic mass is 9.99. The fourth-order valence-electron chi connectivity index (χ4n) is 4.02. The Labute approximate surface area is 226 Å². The van der Waals surface area contributed by atoms with Gasteiger partial charge in [-0.15, -0.1) is 11.6 Å². The Hall–Kier alpha value is -2.84. The molecule has 5 atom stereocenters. The van der Waals surface area contributed by atoms with E-state index < -0.39 is 41.8 Å². The molecular formula is C29H29ClO6S. The van der Waals surface area contributed by atoms with E-state index in [0.717, 1.165) is 16.0 Å². The van der Waals surface area contributed by atoms with Gasteiger partial charge in [-0.2, -0.15) is 0 Å². The summed E-state index contributed by atoms with van der Waals surface area (Å²) < 4.78 is 24.3. The third-order valence-electron chi connectivity index (χ3n) is 5.92. The Morgan fingerprint density at radius 3 is 2.16 bits per heavy atom. The van der Waals surface area contributed by atoms with Gasteiger partial charge >= 0.3 is 11.9 Å². The molecule has 3 aromatic carbocycles. The number of ether oxygens (including phenoxy) is 4. The number of thioether (sulfide) groups is 1. The molecule has 3 aromatic rings. The van der Waals surface area contributed by atoms with Crippen molar-refractivity contribution in [3.63, 3.8) is 0 Å². The van der Waals surface area contributed by atoms with E-state index in [2.05, 4.69) is 0 Å².